The highest BCUT2D eigenvalue weighted by atomic mass is 32.2. The van der Waals surface area contributed by atoms with E-state index < -0.39 is 0 Å². The number of aromatic nitrogens is 6. The van der Waals surface area contributed by atoms with Gasteiger partial charge in [-0.05, 0) is 35.0 Å². The van der Waals surface area contributed by atoms with Crippen molar-refractivity contribution in [2.45, 2.75) is 29.1 Å². The highest BCUT2D eigenvalue weighted by molar-refractivity contribution is 7.99. The van der Waals surface area contributed by atoms with Crippen molar-refractivity contribution in [3.8, 4) is 0 Å². The normalized spacial score (nSPS) is 14.7. The number of nitrogen functional groups attached to an aromatic ring is 1. The van der Waals surface area contributed by atoms with Crippen LogP contribution in [0, 0.1) is 5.41 Å². The summed E-state index contributed by atoms with van der Waals surface area (Å²) >= 11 is 1.28. The van der Waals surface area contributed by atoms with Crippen molar-refractivity contribution in [2.24, 2.45) is 5.73 Å². The molecule has 0 saturated heterocycles. The summed E-state index contributed by atoms with van der Waals surface area (Å²) < 4.78 is 1.78. The van der Waals surface area contributed by atoms with Gasteiger partial charge in [0.25, 0.3) is 0 Å². The summed E-state index contributed by atoms with van der Waals surface area (Å²) in [4.78, 5) is 8.20. The lowest BCUT2D eigenvalue weighted by Gasteiger charge is -2.04. The van der Waals surface area contributed by atoms with Crippen LogP contribution in [0.3, 0.4) is 0 Å². The summed E-state index contributed by atoms with van der Waals surface area (Å²) in [6.45, 7) is 0. The van der Waals surface area contributed by atoms with Gasteiger partial charge in [0.05, 0.1) is 6.04 Å². The van der Waals surface area contributed by atoms with E-state index in [0.717, 1.165) is 12.8 Å². The molecule has 9 heteroatoms. The standard InChI is InChI=1S/C9H10N8S/c10-7(11)6-8(13-4-3-12-6)18-9-14-15-16-17(9)5-1-2-5/h3-5H,1-2H2,(H3,10,11). The lowest BCUT2D eigenvalue weighted by molar-refractivity contribution is 0.565. The van der Waals surface area contributed by atoms with Gasteiger partial charge in [-0.1, -0.05) is 0 Å². The molecule has 2 aromatic rings. The highest BCUT2D eigenvalue weighted by Gasteiger charge is 2.28. The molecule has 8 nitrogen and oxygen atoms in total. The summed E-state index contributed by atoms with van der Waals surface area (Å²) in [6.07, 6.45) is 5.25. The van der Waals surface area contributed by atoms with E-state index in [1.807, 2.05) is 0 Å². The minimum Gasteiger partial charge on any atom is -0.382 e. The zero-order chi connectivity index (χ0) is 12.5. The van der Waals surface area contributed by atoms with Gasteiger partial charge < -0.3 is 5.73 Å². The summed E-state index contributed by atoms with van der Waals surface area (Å²) in [7, 11) is 0. The van der Waals surface area contributed by atoms with Gasteiger partial charge in [-0.15, -0.1) is 5.10 Å². The molecule has 2 heterocycles. The first-order valence-electron chi connectivity index (χ1n) is 5.37. The zero-order valence-electron chi connectivity index (χ0n) is 9.32. The zero-order valence-corrected chi connectivity index (χ0v) is 10.1. The second-order valence-corrected chi connectivity index (χ2v) is 4.82. The molecule has 0 bridgehead atoms. The molecule has 92 valence electrons. The summed E-state index contributed by atoms with van der Waals surface area (Å²) in [6, 6.07) is 0.389. The Bertz CT molecular complexity index is 590. The van der Waals surface area contributed by atoms with Crippen LogP contribution in [0.4, 0.5) is 0 Å². The number of amidine groups is 1. The number of nitrogens with zero attached hydrogens (tertiary/aromatic N) is 6. The Morgan fingerprint density at radius 2 is 2.17 bits per heavy atom. The molecule has 1 saturated carbocycles. The summed E-state index contributed by atoms with van der Waals surface area (Å²) in [5.74, 6) is -0.115. The van der Waals surface area contributed by atoms with Gasteiger partial charge >= 0.3 is 0 Å². The Morgan fingerprint density at radius 3 is 2.89 bits per heavy atom. The molecular formula is C9H10N8S. The second kappa shape index (κ2) is 4.33. The molecule has 0 spiro atoms. The lowest BCUT2D eigenvalue weighted by atomic mass is 10.4. The number of tetrazole rings is 1. The van der Waals surface area contributed by atoms with Crippen LogP contribution in [0.1, 0.15) is 24.6 Å². The monoisotopic (exact) mass is 262 g/mol. The van der Waals surface area contributed by atoms with E-state index in [9.17, 15) is 0 Å². The van der Waals surface area contributed by atoms with Crippen molar-refractivity contribution in [1.82, 2.24) is 30.2 Å². The number of hydrogen-bond acceptors (Lipinski definition) is 7. The molecular weight excluding hydrogens is 252 g/mol. The van der Waals surface area contributed by atoms with Crippen LogP contribution in [0.2, 0.25) is 0 Å². The number of nitrogens with one attached hydrogen (secondary N) is 1. The summed E-state index contributed by atoms with van der Waals surface area (Å²) in [5, 5.41) is 20.2. The molecule has 3 rings (SSSR count). The Balaban J connectivity index is 1.92. The third-order valence-corrected chi connectivity index (χ3v) is 3.41. The van der Waals surface area contributed by atoms with E-state index in [2.05, 4.69) is 25.5 Å². The number of nitrogens with two attached hydrogens (primary N) is 1. The molecule has 0 atom stereocenters. The lowest BCUT2D eigenvalue weighted by Crippen LogP contribution is -2.15. The molecule has 2 aromatic heterocycles. The first-order chi connectivity index (χ1) is 8.75. The number of hydrogen-bond donors (Lipinski definition) is 2. The third-order valence-electron chi connectivity index (χ3n) is 2.46. The van der Waals surface area contributed by atoms with E-state index in [1.165, 1.54) is 18.0 Å². The van der Waals surface area contributed by atoms with Crippen molar-refractivity contribution < 1.29 is 0 Å². The smallest absolute Gasteiger partial charge is 0.215 e. The van der Waals surface area contributed by atoms with Crippen molar-refractivity contribution in [3.05, 3.63) is 18.1 Å². The van der Waals surface area contributed by atoms with Crippen LogP contribution < -0.4 is 5.73 Å². The topological polar surface area (TPSA) is 119 Å². The van der Waals surface area contributed by atoms with Crippen LogP contribution in [0.25, 0.3) is 0 Å². The molecule has 0 unspecified atom stereocenters. The van der Waals surface area contributed by atoms with Gasteiger partial charge in [0.1, 0.15) is 16.6 Å². The van der Waals surface area contributed by atoms with Crippen LogP contribution in [0.15, 0.2) is 22.6 Å². The molecule has 18 heavy (non-hydrogen) atoms. The molecule has 3 N–H and O–H groups in total. The Morgan fingerprint density at radius 1 is 1.39 bits per heavy atom. The first-order valence-corrected chi connectivity index (χ1v) is 6.18. The quantitative estimate of drug-likeness (QED) is 0.598. The summed E-state index contributed by atoms with van der Waals surface area (Å²) in [5.41, 5.74) is 5.82. The highest BCUT2D eigenvalue weighted by Crippen LogP contribution is 2.37. The fourth-order valence-corrected chi connectivity index (χ4v) is 2.37. The van der Waals surface area contributed by atoms with Crippen molar-refractivity contribution in [3.63, 3.8) is 0 Å². The van der Waals surface area contributed by atoms with Gasteiger partial charge in [0, 0.05) is 12.4 Å². The van der Waals surface area contributed by atoms with Crippen LogP contribution in [-0.2, 0) is 0 Å². The van der Waals surface area contributed by atoms with E-state index in [-0.39, 0.29) is 5.84 Å². The second-order valence-electron chi connectivity index (χ2n) is 3.86. The Labute approximate surface area is 107 Å². The fourth-order valence-electron chi connectivity index (χ4n) is 1.47. The van der Waals surface area contributed by atoms with E-state index in [1.54, 1.807) is 10.9 Å². The molecule has 0 radical (unpaired) electrons. The predicted molar refractivity (Wildman–Crippen MR) is 63.3 cm³/mol. The van der Waals surface area contributed by atoms with Gasteiger partial charge in [-0.25, -0.2) is 14.6 Å². The fraction of sp³-hybridized carbons (Fsp3) is 0.333. The Kier molecular flexibility index (Phi) is 2.67. The first kappa shape index (κ1) is 11.1. The van der Waals surface area contributed by atoms with Gasteiger partial charge in [-0.2, -0.15) is 0 Å². The SMILES string of the molecule is N=C(N)c1nccnc1Sc1nnnn1C1CC1. The number of rotatable bonds is 4. The Hall–Kier alpha value is -2.03. The van der Waals surface area contributed by atoms with E-state index >= 15 is 0 Å². The largest absolute Gasteiger partial charge is 0.382 e. The van der Waals surface area contributed by atoms with Crippen LogP contribution >= 0.6 is 11.8 Å². The average Bonchev–Trinajstić information content (AvgIpc) is 3.11. The van der Waals surface area contributed by atoms with Gasteiger partial charge in [-0.3, -0.25) is 5.41 Å². The van der Waals surface area contributed by atoms with Crippen LogP contribution in [-0.4, -0.2) is 36.0 Å². The minimum absolute atomic E-state index is 0.115. The molecule has 1 fully saturated rings. The molecule has 1 aliphatic rings. The molecule has 1 aliphatic carbocycles. The minimum atomic E-state index is -0.115. The maximum atomic E-state index is 7.46. The van der Waals surface area contributed by atoms with Crippen LogP contribution in [0.5, 0.6) is 0 Å². The molecule has 0 aromatic carbocycles. The van der Waals surface area contributed by atoms with Gasteiger partial charge in [0.15, 0.2) is 0 Å². The van der Waals surface area contributed by atoms with Crippen molar-refractivity contribution >= 4 is 17.6 Å². The predicted octanol–water partition coefficient (Wildman–Crippen LogP) is 0.233. The maximum Gasteiger partial charge on any atom is 0.215 e. The molecule has 0 amide bonds. The average molecular weight is 262 g/mol. The van der Waals surface area contributed by atoms with E-state index in [0.29, 0.717) is 21.9 Å². The van der Waals surface area contributed by atoms with Gasteiger partial charge in [0.2, 0.25) is 5.16 Å². The third kappa shape index (κ3) is 2.04. The maximum absolute atomic E-state index is 7.46. The molecule has 0 aliphatic heterocycles. The van der Waals surface area contributed by atoms with Crippen molar-refractivity contribution in [1.29, 1.82) is 5.41 Å². The van der Waals surface area contributed by atoms with E-state index in [4.69, 9.17) is 11.1 Å². The van der Waals surface area contributed by atoms with Crippen molar-refractivity contribution in [2.75, 3.05) is 0 Å².